The largest absolute Gasteiger partial charge is 0.332 e. The summed E-state index contributed by atoms with van der Waals surface area (Å²) >= 11 is 0. The smallest absolute Gasteiger partial charge is 0.317 e. The SMILES string of the molecule is CCCCN(CCCC)C(=O)NC1(C)CCS(=O)(=O)C1. The highest BCUT2D eigenvalue weighted by molar-refractivity contribution is 7.91. The van der Waals surface area contributed by atoms with Gasteiger partial charge in [-0.15, -0.1) is 0 Å². The highest BCUT2D eigenvalue weighted by Crippen LogP contribution is 2.23. The first kappa shape index (κ1) is 17.3. The summed E-state index contributed by atoms with van der Waals surface area (Å²) in [5.41, 5.74) is -0.605. The van der Waals surface area contributed by atoms with Crippen LogP contribution in [-0.2, 0) is 9.84 Å². The first-order valence-corrected chi connectivity index (χ1v) is 9.41. The second kappa shape index (κ2) is 7.29. The third-order valence-corrected chi connectivity index (χ3v) is 5.67. The Morgan fingerprint density at radius 1 is 1.20 bits per heavy atom. The van der Waals surface area contributed by atoms with Gasteiger partial charge in [0.25, 0.3) is 0 Å². The van der Waals surface area contributed by atoms with Gasteiger partial charge in [0.15, 0.2) is 9.84 Å². The fraction of sp³-hybridized carbons (Fsp3) is 0.929. The molecule has 6 heteroatoms. The Bertz CT molecular complexity index is 414. The molecule has 20 heavy (non-hydrogen) atoms. The molecule has 0 aromatic rings. The van der Waals surface area contributed by atoms with Crippen LogP contribution in [0, 0.1) is 0 Å². The predicted molar refractivity (Wildman–Crippen MR) is 81.6 cm³/mol. The van der Waals surface area contributed by atoms with E-state index in [0.29, 0.717) is 6.42 Å². The Kier molecular flexibility index (Phi) is 6.30. The first-order valence-electron chi connectivity index (χ1n) is 7.59. The summed E-state index contributed by atoms with van der Waals surface area (Å²) in [6.07, 6.45) is 4.55. The van der Waals surface area contributed by atoms with Gasteiger partial charge in [0.1, 0.15) is 0 Å². The molecule has 1 aliphatic heterocycles. The molecule has 0 aliphatic carbocycles. The van der Waals surface area contributed by atoms with Crippen LogP contribution in [0.2, 0.25) is 0 Å². The van der Waals surface area contributed by atoms with Crippen molar-refractivity contribution in [2.75, 3.05) is 24.6 Å². The van der Waals surface area contributed by atoms with Gasteiger partial charge in [-0.2, -0.15) is 0 Å². The molecule has 118 valence electrons. The number of hydrogen-bond donors (Lipinski definition) is 1. The second-order valence-corrected chi connectivity index (χ2v) is 8.21. The molecule has 1 aliphatic rings. The van der Waals surface area contributed by atoms with Crippen LogP contribution in [0.15, 0.2) is 0 Å². The van der Waals surface area contributed by atoms with Crippen molar-refractivity contribution in [2.24, 2.45) is 0 Å². The van der Waals surface area contributed by atoms with Crippen molar-refractivity contribution in [1.29, 1.82) is 0 Å². The minimum atomic E-state index is -2.99. The number of carbonyl (C=O) groups is 1. The van der Waals surface area contributed by atoms with Crippen LogP contribution in [0.5, 0.6) is 0 Å². The summed E-state index contributed by atoms with van der Waals surface area (Å²) in [5.74, 6) is 0.231. The van der Waals surface area contributed by atoms with E-state index in [1.165, 1.54) is 0 Å². The fourth-order valence-electron chi connectivity index (χ4n) is 2.46. The Morgan fingerprint density at radius 3 is 2.15 bits per heavy atom. The molecule has 2 amide bonds. The minimum Gasteiger partial charge on any atom is -0.332 e. The van der Waals surface area contributed by atoms with E-state index < -0.39 is 15.4 Å². The van der Waals surface area contributed by atoms with Gasteiger partial charge in [-0.25, -0.2) is 13.2 Å². The monoisotopic (exact) mass is 304 g/mol. The molecule has 1 rings (SSSR count). The number of nitrogens with zero attached hydrogens (tertiary/aromatic N) is 1. The van der Waals surface area contributed by atoms with Crippen molar-refractivity contribution in [3.05, 3.63) is 0 Å². The number of unbranched alkanes of at least 4 members (excludes halogenated alkanes) is 2. The van der Waals surface area contributed by atoms with Gasteiger partial charge in [0.2, 0.25) is 0 Å². The van der Waals surface area contributed by atoms with E-state index in [9.17, 15) is 13.2 Å². The summed E-state index contributed by atoms with van der Waals surface area (Å²) in [5, 5.41) is 2.94. The molecule has 0 spiro atoms. The Hall–Kier alpha value is -0.780. The summed E-state index contributed by atoms with van der Waals surface area (Å²) in [7, 11) is -2.99. The standard InChI is InChI=1S/C14H28N2O3S/c1-4-6-9-16(10-7-5-2)13(17)15-14(3)8-11-20(18,19)12-14/h4-12H2,1-3H3,(H,15,17). The summed E-state index contributed by atoms with van der Waals surface area (Å²) < 4.78 is 23.2. The van der Waals surface area contributed by atoms with E-state index in [0.717, 1.165) is 38.8 Å². The van der Waals surface area contributed by atoms with Gasteiger partial charge in [-0.1, -0.05) is 26.7 Å². The Balaban J connectivity index is 2.60. The highest BCUT2D eigenvalue weighted by atomic mass is 32.2. The summed E-state index contributed by atoms with van der Waals surface area (Å²) in [4.78, 5) is 14.2. The lowest BCUT2D eigenvalue weighted by atomic mass is 10.0. The summed E-state index contributed by atoms with van der Waals surface area (Å²) in [6, 6.07) is -0.119. The van der Waals surface area contributed by atoms with Gasteiger partial charge < -0.3 is 10.2 Å². The molecule has 1 atom stereocenters. The molecule has 5 nitrogen and oxygen atoms in total. The van der Waals surface area contributed by atoms with Gasteiger partial charge in [0, 0.05) is 13.1 Å². The van der Waals surface area contributed by atoms with Crippen LogP contribution in [0.1, 0.15) is 52.9 Å². The number of hydrogen-bond acceptors (Lipinski definition) is 3. The van der Waals surface area contributed by atoms with E-state index in [2.05, 4.69) is 19.2 Å². The molecule has 0 aromatic heterocycles. The van der Waals surface area contributed by atoms with Crippen LogP contribution in [0.25, 0.3) is 0 Å². The topological polar surface area (TPSA) is 66.5 Å². The molecule has 0 bridgehead atoms. The van der Waals surface area contributed by atoms with Crippen LogP contribution < -0.4 is 5.32 Å². The third kappa shape index (κ3) is 5.31. The molecule has 1 N–H and O–H groups in total. The van der Waals surface area contributed by atoms with Crippen LogP contribution in [-0.4, -0.2) is 49.5 Å². The average Bonchev–Trinajstić information content (AvgIpc) is 2.63. The molecule has 1 unspecified atom stereocenters. The lowest BCUT2D eigenvalue weighted by molar-refractivity contribution is 0.185. The Labute approximate surface area is 123 Å². The number of carbonyl (C=O) groups excluding carboxylic acids is 1. The van der Waals surface area contributed by atoms with Crippen molar-refractivity contribution >= 4 is 15.9 Å². The molecule has 1 saturated heterocycles. The minimum absolute atomic E-state index is 0.0567. The van der Waals surface area contributed by atoms with Crippen molar-refractivity contribution < 1.29 is 13.2 Å². The number of rotatable bonds is 7. The normalized spacial score (nSPS) is 24.6. The number of amides is 2. The predicted octanol–water partition coefficient (Wildman–Crippen LogP) is 2.18. The molecule has 1 fully saturated rings. The zero-order valence-electron chi connectivity index (χ0n) is 12.9. The quantitative estimate of drug-likeness (QED) is 0.784. The molecule has 0 saturated carbocycles. The first-order chi connectivity index (χ1) is 9.32. The van der Waals surface area contributed by atoms with Gasteiger partial charge >= 0.3 is 6.03 Å². The fourth-order valence-corrected chi connectivity index (χ4v) is 4.55. The lowest BCUT2D eigenvalue weighted by Gasteiger charge is -2.30. The van der Waals surface area contributed by atoms with Crippen molar-refractivity contribution in [3.63, 3.8) is 0 Å². The van der Waals surface area contributed by atoms with Gasteiger partial charge in [-0.05, 0) is 26.2 Å². The Morgan fingerprint density at radius 2 is 1.75 bits per heavy atom. The third-order valence-electron chi connectivity index (χ3n) is 3.76. The number of nitrogens with one attached hydrogen (secondary N) is 1. The van der Waals surface area contributed by atoms with Crippen molar-refractivity contribution in [1.82, 2.24) is 10.2 Å². The molecular weight excluding hydrogens is 276 g/mol. The second-order valence-electron chi connectivity index (χ2n) is 6.03. The van der Waals surface area contributed by atoms with Crippen LogP contribution >= 0.6 is 0 Å². The molecule has 0 radical (unpaired) electrons. The zero-order chi connectivity index (χ0) is 15.2. The summed E-state index contributed by atoms with van der Waals surface area (Å²) in [6.45, 7) is 7.51. The van der Waals surface area contributed by atoms with E-state index in [1.807, 2.05) is 11.8 Å². The molecule has 1 heterocycles. The zero-order valence-corrected chi connectivity index (χ0v) is 13.8. The van der Waals surface area contributed by atoms with Crippen molar-refractivity contribution in [3.8, 4) is 0 Å². The number of urea groups is 1. The van der Waals surface area contributed by atoms with E-state index in [4.69, 9.17) is 0 Å². The number of sulfone groups is 1. The van der Waals surface area contributed by atoms with E-state index in [1.54, 1.807) is 0 Å². The van der Waals surface area contributed by atoms with E-state index >= 15 is 0 Å². The maximum atomic E-state index is 12.3. The van der Waals surface area contributed by atoms with Crippen LogP contribution in [0.3, 0.4) is 0 Å². The van der Waals surface area contributed by atoms with E-state index in [-0.39, 0.29) is 17.5 Å². The van der Waals surface area contributed by atoms with Gasteiger partial charge in [-0.3, -0.25) is 0 Å². The molecule has 0 aromatic carbocycles. The van der Waals surface area contributed by atoms with Crippen LogP contribution in [0.4, 0.5) is 4.79 Å². The molecular formula is C14H28N2O3S. The maximum absolute atomic E-state index is 12.3. The lowest BCUT2D eigenvalue weighted by Crippen LogP contribution is -2.52. The van der Waals surface area contributed by atoms with Gasteiger partial charge in [0.05, 0.1) is 17.0 Å². The maximum Gasteiger partial charge on any atom is 0.317 e. The average molecular weight is 304 g/mol. The highest BCUT2D eigenvalue weighted by Gasteiger charge is 2.40. The van der Waals surface area contributed by atoms with Crippen molar-refractivity contribution in [2.45, 2.75) is 58.4 Å².